The number of carbonyl (C=O) groups is 1. The largest absolute Gasteiger partial charge is 0.396 e. The van der Waals surface area contributed by atoms with E-state index in [1.54, 1.807) is 0 Å². The molecule has 0 aromatic carbocycles. The van der Waals surface area contributed by atoms with E-state index in [2.05, 4.69) is 10.2 Å². The number of hydrogen-bond donors (Lipinski definition) is 2. The molecule has 6 heteroatoms. The number of carbonyl (C=O) groups excluding carboxylic acids is 1. The zero-order valence-corrected chi connectivity index (χ0v) is 16.8. The molecule has 0 bridgehead atoms. The van der Waals surface area contributed by atoms with Gasteiger partial charge in [0.15, 0.2) is 0 Å². The van der Waals surface area contributed by atoms with Gasteiger partial charge in [0.1, 0.15) is 0 Å². The molecule has 4 atom stereocenters. The number of nitrogens with zero attached hydrogens (tertiary/aromatic N) is 2. The summed E-state index contributed by atoms with van der Waals surface area (Å²) in [4.78, 5) is 28.2. The van der Waals surface area contributed by atoms with Gasteiger partial charge in [0.05, 0.1) is 12.1 Å². The summed E-state index contributed by atoms with van der Waals surface area (Å²) in [6.07, 6.45) is 7.02. The number of rotatable bonds is 7. The highest BCUT2D eigenvalue weighted by Gasteiger charge is 2.56. The molecule has 1 saturated carbocycles. The smallest absolute Gasteiger partial charge is 0.258 e. The van der Waals surface area contributed by atoms with Crippen LogP contribution in [0.15, 0.2) is 23.0 Å². The van der Waals surface area contributed by atoms with E-state index in [1.807, 2.05) is 42.7 Å². The number of aliphatic hydroxyl groups is 1. The third-order valence-electron chi connectivity index (χ3n) is 6.55. The van der Waals surface area contributed by atoms with Crippen molar-refractivity contribution in [1.82, 2.24) is 14.8 Å². The van der Waals surface area contributed by atoms with Crippen molar-refractivity contribution in [2.24, 2.45) is 17.8 Å². The molecule has 1 amide bonds. The second kappa shape index (κ2) is 7.84. The van der Waals surface area contributed by atoms with E-state index in [1.165, 1.54) is 12.8 Å². The first-order chi connectivity index (χ1) is 13.6. The van der Waals surface area contributed by atoms with Gasteiger partial charge in [-0.15, -0.1) is 0 Å². The van der Waals surface area contributed by atoms with E-state index in [9.17, 15) is 14.7 Å². The average molecular weight is 386 g/mol. The lowest BCUT2D eigenvalue weighted by molar-refractivity contribution is -0.127. The van der Waals surface area contributed by atoms with Gasteiger partial charge < -0.3 is 15.0 Å². The molecule has 1 saturated heterocycles. The third kappa shape index (κ3) is 3.22. The quantitative estimate of drug-likeness (QED) is 0.750. The third-order valence-corrected chi connectivity index (χ3v) is 6.55. The zero-order chi connectivity index (χ0) is 19.8. The molecule has 152 valence electrons. The number of aliphatic hydroxyl groups excluding tert-OH is 1. The van der Waals surface area contributed by atoms with Crippen molar-refractivity contribution in [2.45, 2.75) is 51.7 Å². The average Bonchev–Trinajstić information content (AvgIpc) is 3.34. The number of nitrogens with one attached hydrogen (secondary N) is 1. The summed E-state index contributed by atoms with van der Waals surface area (Å²) >= 11 is 0. The maximum absolute atomic E-state index is 13.0. The standard InChI is InChI=1S/C22H31N3O3/c1-3-5-15-8-9-18-19-16(12-24(18)22(15)28)17(13-26)20(21(27)23-10-4-2)25(19)11-14-6-7-14/h3,5,8-9,14,16-17,19-20,26H,4,6-7,10-13H2,1-2H3,(H,23,27)/b5-3+/t16-,17-,19+,20-/m0/s1. The highest BCUT2D eigenvalue weighted by molar-refractivity contribution is 5.82. The van der Waals surface area contributed by atoms with E-state index < -0.39 is 0 Å². The van der Waals surface area contributed by atoms with Crippen LogP contribution < -0.4 is 10.9 Å². The van der Waals surface area contributed by atoms with Crippen LogP contribution in [0.3, 0.4) is 0 Å². The number of fused-ring (bicyclic) bond motifs is 3. The molecule has 3 heterocycles. The number of amides is 1. The van der Waals surface area contributed by atoms with Crippen molar-refractivity contribution in [3.8, 4) is 0 Å². The van der Waals surface area contributed by atoms with Gasteiger partial charge in [0, 0.05) is 49.3 Å². The van der Waals surface area contributed by atoms with Crippen molar-refractivity contribution in [3.05, 3.63) is 39.8 Å². The van der Waals surface area contributed by atoms with Crippen molar-refractivity contribution in [1.29, 1.82) is 0 Å². The second-order valence-corrected chi connectivity index (χ2v) is 8.46. The molecule has 0 radical (unpaired) electrons. The first kappa shape index (κ1) is 19.4. The molecule has 0 unspecified atom stereocenters. The molecular weight excluding hydrogens is 354 g/mol. The monoisotopic (exact) mass is 385 g/mol. The Bertz CT molecular complexity index is 827. The van der Waals surface area contributed by atoms with E-state index in [4.69, 9.17) is 0 Å². The van der Waals surface area contributed by atoms with Crippen molar-refractivity contribution in [3.63, 3.8) is 0 Å². The highest BCUT2D eigenvalue weighted by Crippen LogP contribution is 2.50. The van der Waals surface area contributed by atoms with Gasteiger partial charge in [0.2, 0.25) is 5.91 Å². The number of hydrogen-bond acceptors (Lipinski definition) is 4. The first-order valence-electron chi connectivity index (χ1n) is 10.6. The van der Waals surface area contributed by atoms with Crippen LogP contribution in [0.5, 0.6) is 0 Å². The van der Waals surface area contributed by atoms with Crippen LogP contribution in [0.1, 0.15) is 50.4 Å². The molecule has 28 heavy (non-hydrogen) atoms. The molecule has 1 aliphatic carbocycles. The van der Waals surface area contributed by atoms with E-state index in [0.29, 0.717) is 24.6 Å². The number of likely N-dealkylation sites (tertiary alicyclic amines) is 1. The SMILES string of the molecule is C/C=C/c1ccc2n(c1=O)C[C@H]1[C@H](CO)[C@@H](C(=O)NCCC)N(CC3CC3)[C@@H]21. The lowest BCUT2D eigenvalue weighted by Gasteiger charge is -2.30. The minimum atomic E-state index is -0.314. The fraction of sp³-hybridized carbons (Fsp3) is 0.636. The van der Waals surface area contributed by atoms with Crippen molar-refractivity contribution < 1.29 is 9.90 Å². The van der Waals surface area contributed by atoms with E-state index >= 15 is 0 Å². The molecule has 2 aliphatic heterocycles. The Morgan fingerprint density at radius 3 is 2.79 bits per heavy atom. The number of allylic oxidation sites excluding steroid dienone is 1. The summed E-state index contributed by atoms with van der Waals surface area (Å²) in [7, 11) is 0. The fourth-order valence-electron chi connectivity index (χ4n) is 5.09. The second-order valence-electron chi connectivity index (χ2n) is 8.46. The molecule has 3 aliphatic rings. The molecule has 1 aromatic rings. The van der Waals surface area contributed by atoms with Crippen LogP contribution in [0.25, 0.3) is 6.08 Å². The van der Waals surface area contributed by atoms with Gasteiger partial charge in [-0.3, -0.25) is 14.5 Å². The normalized spacial score (nSPS) is 29.2. The Hall–Kier alpha value is -1.92. The topological polar surface area (TPSA) is 74.6 Å². The first-order valence-corrected chi connectivity index (χ1v) is 10.6. The van der Waals surface area contributed by atoms with Crippen LogP contribution in [-0.4, -0.2) is 46.2 Å². The minimum absolute atomic E-state index is 0.0235. The predicted molar refractivity (Wildman–Crippen MR) is 109 cm³/mol. The fourth-order valence-corrected chi connectivity index (χ4v) is 5.09. The van der Waals surface area contributed by atoms with Gasteiger partial charge >= 0.3 is 0 Å². The minimum Gasteiger partial charge on any atom is -0.396 e. The van der Waals surface area contributed by atoms with Gasteiger partial charge in [-0.25, -0.2) is 0 Å². The summed E-state index contributed by atoms with van der Waals surface area (Å²) in [5.74, 6) is 0.595. The maximum atomic E-state index is 13.0. The lowest BCUT2D eigenvalue weighted by atomic mass is 9.88. The predicted octanol–water partition coefficient (Wildman–Crippen LogP) is 1.78. The molecule has 6 nitrogen and oxygen atoms in total. The lowest BCUT2D eigenvalue weighted by Crippen LogP contribution is -2.49. The van der Waals surface area contributed by atoms with Crippen LogP contribution in [0.2, 0.25) is 0 Å². The molecule has 1 aromatic heterocycles. The van der Waals surface area contributed by atoms with Gasteiger partial charge in [-0.05, 0) is 44.2 Å². The summed E-state index contributed by atoms with van der Waals surface area (Å²) in [5.41, 5.74) is 1.71. The Morgan fingerprint density at radius 1 is 1.36 bits per heavy atom. The molecule has 0 spiro atoms. The van der Waals surface area contributed by atoms with Crippen LogP contribution in [-0.2, 0) is 11.3 Å². The van der Waals surface area contributed by atoms with Crippen LogP contribution in [0, 0.1) is 17.8 Å². The van der Waals surface area contributed by atoms with E-state index in [0.717, 1.165) is 18.7 Å². The maximum Gasteiger partial charge on any atom is 0.258 e. The Kier molecular flexibility index (Phi) is 5.43. The van der Waals surface area contributed by atoms with Gasteiger partial charge in [0.25, 0.3) is 5.56 Å². The van der Waals surface area contributed by atoms with Crippen molar-refractivity contribution >= 4 is 12.0 Å². The summed E-state index contributed by atoms with van der Waals surface area (Å²) < 4.78 is 1.87. The summed E-state index contributed by atoms with van der Waals surface area (Å²) in [6, 6.07) is 3.65. The summed E-state index contributed by atoms with van der Waals surface area (Å²) in [5, 5.41) is 13.3. The zero-order valence-electron chi connectivity index (χ0n) is 16.8. The molecular formula is C22H31N3O3. The number of aromatic nitrogens is 1. The van der Waals surface area contributed by atoms with Crippen LogP contribution in [0.4, 0.5) is 0 Å². The van der Waals surface area contributed by atoms with E-state index in [-0.39, 0.29) is 42.0 Å². The van der Waals surface area contributed by atoms with Gasteiger partial charge in [-0.2, -0.15) is 0 Å². The Labute approximate surface area is 166 Å². The van der Waals surface area contributed by atoms with Crippen LogP contribution >= 0.6 is 0 Å². The Balaban J connectivity index is 1.72. The Morgan fingerprint density at radius 2 is 2.14 bits per heavy atom. The molecule has 2 N–H and O–H groups in total. The molecule has 4 rings (SSSR count). The van der Waals surface area contributed by atoms with Crippen molar-refractivity contribution in [2.75, 3.05) is 19.7 Å². The number of pyridine rings is 1. The molecule has 2 fully saturated rings. The summed E-state index contributed by atoms with van der Waals surface area (Å²) in [6.45, 7) is 6.02. The highest BCUT2D eigenvalue weighted by atomic mass is 16.3. The van der Waals surface area contributed by atoms with Gasteiger partial charge in [-0.1, -0.05) is 19.1 Å².